The van der Waals surface area contributed by atoms with Crippen molar-refractivity contribution in [1.82, 2.24) is 0 Å². The van der Waals surface area contributed by atoms with Gasteiger partial charge in [-0.3, -0.25) is 4.79 Å². The second kappa shape index (κ2) is 2.70. The second-order valence-corrected chi connectivity index (χ2v) is 2.33. The Morgan fingerprint density at radius 1 is 1.90 bits per heavy atom. The molecular weight excluding hydrogens is 130 g/mol. The molecule has 3 nitrogen and oxygen atoms in total. The van der Waals surface area contributed by atoms with Crippen molar-refractivity contribution in [2.75, 3.05) is 6.61 Å². The Morgan fingerprint density at radius 3 is 3.00 bits per heavy atom. The summed E-state index contributed by atoms with van der Waals surface area (Å²) in [7, 11) is 0. The lowest BCUT2D eigenvalue weighted by Crippen LogP contribution is -2.06. The van der Waals surface area contributed by atoms with E-state index >= 15 is 0 Å². The molecule has 0 bridgehead atoms. The minimum Gasteiger partial charge on any atom is -0.466 e. The number of esters is 1. The highest BCUT2D eigenvalue weighted by Gasteiger charge is 2.44. The number of nitrogens with zero attached hydrogens (tertiary/aromatic N) is 1. The van der Waals surface area contributed by atoms with E-state index in [2.05, 4.69) is 0 Å². The molecule has 0 amide bonds. The Labute approximate surface area is 59.6 Å². The molecule has 2 atom stereocenters. The van der Waals surface area contributed by atoms with Crippen LogP contribution in [0.2, 0.25) is 0 Å². The van der Waals surface area contributed by atoms with Gasteiger partial charge in [0, 0.05) is 0 Å². The van der Waals surface area contributed by atoms with Gasteiger partial charge in [0.25, 0.3) is 0 Å². The van der Waals surface area contributed by atoms with Crippen LogP contribution in [0, 0.1) is 23.2 Å². The fourth-order valence-corrected chi connectivity index (χ4v) is 0.847. The maximum Gasteiger partial charge on any atom is 0.310 e. The van der Waals surface area contributed by atoms with E-state index in [4.69, 9.17) is 10.00 Å². The van der Waals surface area contributed by atoms with Gasteiger partial charge < -0.3 is 4.74 Å². The van der Waals surface area contributed by atoms with Crippen LogP contribution in [0.4, 0.5) is 0 Å². The molecule has 0 aromatic heterocycles. The van der Waals surface area contributed by atoms with Gasteiger partial charge >= 0.3 is 5.97 Å². The van der Waals surface area contributed by atoms with Crippen LogP contribution in [-0.2, 0) is 9.53 Å². The number of ether oxygens (including phenoxy) is 1. The summed E-state index contributed by atoms with van der Waals surface area (Å²) in [6.07, 6.45) is 0.690. The summed E-state index contributed by atoms with van der Waals surface area (Å²) in [6.45, 7) is 2.18. The van der Waals surface area contributed by atoms with Gasteiger partial charge in [-0.05, 0) is 13.3 Å². The number of hydrogen-bond acceptors (Lipinski definition) is 3. The second-order valence-electron chi connectivity index (χ2n) is 2.33. The Balaban J connectivity index is 2.27. The zero-order valence-electron chi connectivity index (χ0n) is 5.83. The van der Waals surface area contributed by atoms with E-state index in [1.54, 1.807) is 6.92 Å². The Morgan fingerprint density at radius 2 is 2.60 bits per heavy atom. The highest BCUT2D eigenvalue weighted by Crippen LogP contribution is 2.38. The van der Waals surface area contributed by atoms with Crippen LogP contribution >= 0.6 is 0 Å². The first-order valence-electron chi connectivity index (χ1n) is 3.35. The van der Waals surface area contributed by atoms with Gasteiger partial charge in [0.1, 0.15) is 0 Å². The molecule has 0 aliphatic heterocycles. The van der Waals surface area contributed by atoms with Crippen molar-refractivity contribution in [3.8, 4) is 6.07 Å². The zero-order chi connectivity index (χ0) is 7.56. The number of nitriles is 1. The van der Waals surface area contributed by atoms with Crippen molar-refractivity contribution >= 4 is 5.97 Å². The van der Waals surface area contributed by atoms with Crippen LogP contribution in [0.5, 0.6) is 0 Å². The van der Waals surface area contributed by atoms with Gasteiger partial charge in [0.2, 0.25) is 0 Å². The molecule has 0 N–H and O–H groups in total. The lowest BCUT2D eigenvalue weighted by Gasteiger charge is -1.96. The molecule has 10 heavy (non-hydrogen) atoms. The summed E-state index contributed by atoms with van der Waals surface area (Å²) in [4.78, 5) is 10.8. The lowest BCUT2D eigenvalue weighted by molar-refractivity contribution is -0.144. The molecule has 0 saturated heterocycles. The van der Waals surface area contributed by atoms with E-state index in [9.17, 15) is 4.79 Å². The minimum atomic E-state index is -0.214. The van der Waals surface area contributed by atoms with Crippen molar-refractivity contribution in [3.63, 3.8) is 0 Å². The highest BCUT2D eigenvalue weighted by molar-refractivity contribution is 5.76. The molecule has 1 aliphatic carbocycles. The SMILES string of the molecule is CCOC(=O)C1CC1C#N. The van der Waals surface area contributed by atoms with Crippen molar-refractivity contribution in [2.24, 2.45) is 11.8 Å². The quantitative estimate of drug-likeness (QED) is 0.529. The largest absolute Gasteiger partial charge is 0.466 e. The van der Waals surface area contributed by atoms with Gasteiger partial charge in [-0.25, -0.2) is 0 Å². The molecule has 2 unspecified atom stereocenters. The van der Waals surface area contributed by atoms with Crippen LogP contribution in [0.15, 0.2) is 0 Å². The van der Waals surface area contributed by atoms with E-state index in [-0.39, 0.29) is 17.8 Å². The third kappa shape index (κ3) is 1.27. The minimum absolute atomic E-state index is 0.0703. The summed E-state index contributed by atoms with van der Waals surface area (Å²) in [5, 5.41) is 8.34. The van der Waals surface area contributed by atoms with Crippen molar-refractivity contribution in [1.29, 1.82) is 5.26 Å². The van der Waals surface area contributed by atoms with E-state index in [0.717, 1.165) is 0 Å². The van der Waals surface area contributed by atoms with Gasteiger partial charge in [-0.2, -0.15) is 5.26 Å². The average molecular weight is 139 g/mol. The fraction of sp³-hybridized carbons (Fsp3) is 0.714. The number of hydrogen-bond donors (Lipinski definition) is 0. The topological polar surface area (TPSA) is 50.1 Å². The first-order valence-corrected chi connectivity index (χ1v) is 3.35. The fourth-order valence-electron chi connectivity index (χ4n) is 0.847. The molecular formula is C7H9NO2. The van der Waals surface area contributed by atoms with Gasteiger partial charge in [0.05, 0.1) is 24.5 Å². The van der Waals surface area contributed by atoms with E-state index in [0.29, 0.717) is 13.0 Å². The third-order valence-corrected chi connectivity index (χ3v) is 1.55. The summed E-state index contributed by atoms with van der Waals surface area (Å²) < 4.78 is 4.71. The van der Waals surface area contributed by atoms with Gasteiger partial charge in [-0.1, -0.05) is 0 Å². The smallest absolute Gasteiger partial charge is 0.310 e. The molecule has 1 rings (SSSR count). The van der Waals surface area contributed by atoms with Gasteiger partial charge in [-0.15, -0.1) is 0 Å². The summed E-state index contributed by atoms with van der Waals surface area (Å²) in [6, 6.07) is 2.03. The number of rotatable bonds is 2. The average Bonchev–Trinajstić information content (AvgIpc) is 2.66. The molecule has 1 aliphatic rings. The van der Waals surface area contributed by atoms with Crippen LogP contribution < -0.4 is 0 Å². The summed E-state index contributed by atoms with van der Waals surface area (Å²) in [5.41, 5.74) is 0. The molecule has 0 spiro atoms. The van der Waals surface area contributed by atoms with Crippen molar-refractivity contribution in [2.45, 2.75) is 13.3 Å². The lowest BCUT2D eigenvalue weighted by atomic mass is 10.3. The monoisotopic (exact) mass is 139 g/mol. The third-order valence-electron chi connectivity index (χ3n) is 1.55. The Kier molecular flexibility index (Phi) is 1.91. The standard InChI is InChI=1S/C7H9NO2/c1-2-10-7(9)6-3-5(6)4-8/h5-6H,2-3H2,1H3. The summed E-state index contributed by atoms with van der Waals surface area (Å²) in [5.74, 6) is -0.405. The molecule has 1 fully saturated rings. The van der Waals surface area contributed by atoms with Gasteiger partial charge in [0.15, 0.2) is 0 Å². The molecule has 0 heterocycles. The molecule has 0 radical (unpaired) electrons. The predicted molar refractivity (Wildman–Crippen MR) is 33.8 cm³/mol. The maximum absolute atomic E-state index is 10.8. The van der Waals surface area contributed by atoms with Crippen LogP contribution in [0.25, 0.3) is 0 Å². The molecule has 0 aromatic carbocycles. The number of carbonyl (C=O) groups is 1. The first-order chi connectivity index (χ1) is 4.79. The Bertz CT molecular complexity index is 183. The molecule has 0 aromatic rings. The summed E-state index contributed by atoms with van der Waals surface area (Å²) >= 11 is 0. The van der Waals surface area contributed by atoms with Crippen LogP contribution in [-0.4, -0.2) is 12.6 Å². The highest BCUT2D eigenvalue weighted by atomic mass is 16.5. The number of carbonyl (C=O) groups excluding carboxylic acids is 1. The maximum atomic E-state index is 10.8. The first kappa shape index (κ1) is 7.07. The van der Waals surface area contributed by atoms with E-state index < -0.39 is 0 Å². The Hall–Kier alpha value is -1.04. The molecule has 3 heteroatoms. The normalized spacial score (nSPS) is 28.8. The zero-order valence-corrected chi connectivity index (χ0v) is 5.83. The predicted octanol–water partition coefficient (Wildman–Crippen LogP) is 0.709. The van der Waals surface area contributed by atoms with E-state index in [1.807, 2.05) is 6.07 Å². The van der Waals surface area contributed by atoms with Crippen LogP contribution in [0.1, 0.15) is 13.3 Å². The van der Waals surface area contributed by atoms with E-state index in [1.165, 1.54) is 0 Å². The van der Waals surface area contributed by atoms with Crippen molar-refractivity contribution in [3.05, 3.63) is 0 Å². The molecule has 1 saturated carbocycles. The van der Waals surface area contributed by atoms with Crippen molar-refractivity contribution < 1.29 is 9.53 Å². The van der Waals surface area contributed by atoms with Crippen LogP contribution in [0.3, 0.4) is 0 Å². The molecule has 54 valence electrons.